The number of fused-ring (bicyclic) bond motifs is 1. The molecular formula is C16H16ClN3. The minimum atomic E-state index is 0.776. The monoisotopic (exact) mass is 285 g/mol. The largest absolute Gasteiger partial charge is 0.300 e. The van der Waals surface area contributed by atoms with E-state index in [9.17, 15) is 0 Å². The van der Waals surface area contributed by atoms with Gasteiger partial charge >= 0.3 is 0 Å². The Hall–Kier alpha value is -2.00. The van der Waals surface area contributed by atoms with E-state index in [2.05, 4.69) is 15.8 Å². The Morgan fingerprint density at radius 3 is 2.65 bits per heavy atom. The summed E-state index contributed by atoms with van der Waals surface area (Å²) in [5, 5.41) is 0.776. The van der Waals surface area contributed by atoms with Gasteiger partial charge in [0, 0.05) is 11.4 Å². The van der Waals surface area contributed by atoms with Crippen LogP contribution in [-0.2, 0) is 6.42 Å². The zero-order chi connectivity index (χ0) is 13.8. The van der Waals surface area contributed by atoms with Crippen molar-refractivity contribution < 1.29 is 0 Å². The maximum atomic E-state index is 6.03. The maximum absolute atomic E-state index is 6.03. The lowest BCUT2D eigenvalue weighted by Gasteiger charge is -2.10. The quantitative estimate of drug-likeness (QED) is 0.806. The standard InChI is InChI=1S/C16H16ClN3/c17-13-9-10-15-12(11-13)5-4-8-16(18-15)20-19-14-6-2-1-3-7-14/h1-3,6-7,9-11,19H,4-5,8H2,(H,18,20). The number of nitrogens with zero attached hydrogens (tertiary/aromatic N) is 1. The zero-order valence-corrected chi connectivity index (χ0v) is 11.8. The predicted octanol–water partition coefficient (Wildman–Crippen LogP) is 4.32. The summed E-state index contributed by atoms with van der Waals surface area (Å²) in [5.41, 5.74) is 9.62. The lowest BCUT2D eigenvalue weighted by molar-refractivity contribution is 0.858. The molecule has 2 aromatic rings. The average Bonchev–Trinajstić information content (AvgIpc) is 2.67. The first-order valence-electron chi connectivity index (χ1n) is 6.74. The van der Waals surface area contributed by atoms with E-state index in [1.807, 2.05) is 48.5 Å². The number of halogens is 1. The molecule has 0 fully saturated rings. The number of aliphatic imine (C=N–C) groups is 1. The van der Waals surface area contributed by atoms with Gasteiger partial charge < -0.3 is 0 Å². The molecule has 1 aliphatic heterocycles. The first-order chi connectivity index (χ1) is 9.81. The highest BCUT2D eigenvalue weighted by atomic mass is 35.5. The second kappa shape index (κ2) is 5.97. The van der Waals surface area contributed by atoms with Gasteiger partial charge in [-0.1, -0.05) is 29.8 Å². The van der Waals surface area contributed by atoms with E-state index in [0.717, 1.165) is 41.5 Å². The van der Waals surface area contributed by atoms with Crippen molar-refractivity contribution in [1.29, 1.82) is 0 Å². The highest BCUT2D eigenvalue weighted by molar-refractivity contribution is 6.30. The molecule has 0 radical (unpaired) electrons. The van der Waals surface area contributed by atoms with Crippen LogP contribution in [0.4, 0.5) is 11.4 Å². The van der Waals surface area contributed by atoms with Crippen LogP contribution in [0.3, 0.4) is 0 Å². The zero-order valence-electron chi connectivity index (χ0n) is 11.1. The molecule has 3 rings (SSSR count). The Balaban J connectivity index is 1.75. The first-order valence-corrected chi connectivity index (χ1v) is 7.12. The van der Waals surface area contributed by atoms with Crippen molar-refractivity contribution in [3.05, 3.63) is 59.1 Å². The van der Waals surface area contributed by atoms with Crippen LogP contribution in [-0.4, -0.2) is 5.84 Å². The van der Waals surface area contributed by atoms with E-state index >= 15 is 0 Å². The molecule has 3 nitrogen and oxygen atoms in total. The summed E-state index contributed by atoms with van der Waals surface area (Å²) in [6, 6.07) is 15.9. The van der Waals surface area contributed by atoms with Gasteiger partial charge in [-0.15, -0.1) is 0 Å². The van der Waals surface area contributed by atoms with Gasteiger partial charge in [-0.25, -0.2) is 4.99 Å². The minimum absolute atomic E-state index is 0.776. The number of para-hydroxylation sites is 1. The Kier molecular flexibility index (Phi) is 3.88. The van der Waals surface area contributed by atoms with Crippen LogP contribution in [0.25, 0.3) is 0 Å². The maximum Gasteiger partial charge on any atom is 0.121 e. The Morgan fingerprint density at radius 2 is 1.80 bits per heavy atom. The third kappa shape index (κ3) is 3.11. The molecule has 4 heteroatoms. The summed E-state index contributed by atoms with van der Waals surface area (Å²) in [7, 11) is 0. The van der Waals surface area contributed by atoms with E-state index in [1.165, 1.54) is 5.56 Å². The Bertz CT molecular complexity index is 623. The fourth-order valence-corrected chi connectivity index (χ4v) is 2.46. The molecule has 0 spiro atoms. The van der Waals surface area contributed by atoms with Gasteiger partial charge in [-0.05, 0) is 48.7 Å². The van der Waals surface area contributed by atoms with E-state index in [1.54, 1.807) is 0 Å². The normalized spacial score (nSPS) is 13.9. The number of hydrogen-bond donors (Lipinski definition) is 2. The molecule has 0 saturated carbocycles. The third-order valence-corrected chi connectivity index (χ3v) is 3.52. The summed E-state index contributed by atoms with van der Waals surface area (Å²) in [6.45, 7) is 0. The first kappa shape index (κ1) is 13.0. The van der Waals surface area contributed by atoms with E-state index in [0.29, 0.717) is 0 Å². The van der Waals surface area contributed by atoms with Crippen molar-refractivity contribution in [2.45, 2.75) is 19.3 Å². The second-order valence-electron chi connectivity index (χ2n) is 4.80. The molecule has 0 unspecified atom stereocenters. The molecule has 2 aromatic carbocycles. The van der Waals surface area contributed by atoms with Crippen LogP contribution in [0.1, 0.15) is 18.4 Å². The molecule has 1 aliphatic rings. The van der Waals surface area contributed by atoms with Crippen LogP contribution in [0, 0.1) is 0 Å². The number of benzene rings is 2. The van der Waals surface area contributed by atoms with E-state index in [4.69, 9.17) is 11.6 Å². The molecule has 0 bridgehead atoms. The summed E-state index contributed by atoms with van der Waals surface area (Å²) >= 11 is 6.03. The summed E-state index contributed by atoms with van der Waals surface area (Å²) in [5.74, 6) is 0.954. The topological polar surface area (TPSA) is 36.4 Å². The Labute approximate surface area is 123 Å². The van der Waals surface area contributed by atoms with Crippen molar-refractivity contribution in [2.75, 3.05) is 5.43 Å². The molecule has 0 aliphatic carbocycles. The van der Waals surface area contributed by atoms with Crippen LogP contribution in [0.15, 0.2) is 53.5 Å². The number of hydrazine groups is 1. The highest BCUT2D eigenvalue weighted by Crippen LogP contribution is 2.27. The molecule has 20 heavy (non-hydrogen) atoms. The van der Waals surface area contributed by atoms with Crippen LogP contribution >= 0.6 is 11.6 Å². The van der Waals surface area contributed by atoms with Crippen molar-refractivity contribution in [1.82, 2.24) is 5.43 Å². The smallest absolute Gasteiger partial charge is 0.121 e. The highest BCUT2D eigenvalue weighted by Gasteiger charge is 2.10. The molecule has 0 aromatic heterocycles. The number of anilines is 1. The molecule has 0 saturated heterocycles. The SMILES string of the molecule is Clc1ccc2c(c1)CCCC(NNc1ccccc1)=N2. The number of rotatable bonds is 2. The van der Waals surface area contributed by atoms with Crippen LogP contribution in [0.5, 0.6) is 0 Å². The molecule has 102 valence electrons. The number of aryl methyl sites for hydroxylation is 1. The average molecular weight is 286 g/mol. The van der Waals surface area contributed by atoms with Gasteiger partial charge in [-0.2, -0.15) is 0 Å². The van der Waals surface area contributed by atoms with Gasteiger partial charge in [0.25, 0.3) is 0 Å². The molecule has 2 N–H and O–H groups in total. The summed E-state index contributed by atoms with van der Waals surface area (Å²) < 4.78 is 0. The van der Waals surface area contributed by atoms with Gasteiger partial charge in [0.1, 0.15) is 5.84 Å². The fourth-order valence-electron chi connectivity index (χ4n) is 2.27. The van der Waals surface area contributed by atoms with Crippen LogP contribution in [0.2, 0.25) is 5.02 Å². The fraction of sp³-hybridized carbons (Fsp3) is 0.188. The van der Waals surface area contributed by atoms with Gasteiger partial charge in [0.2, 0.25) is 0 Å². The molecule has 1 heterocycles. The number of hydrogen-bond acceptors (Lipinski definition) is 3. The lowest BCUT2D eigenvalue weighted by atomic mass is 10.1. The Morgan fingerprint density at radius 1 is 0.950 bits per heavy atom. The van der Waals surface area contributed by atoms with Crippen molar-refractivity contribution in [3.63, 3.8) is 0 Å². The summed E-state index contributed by atoms with van der Waals surface area (Å²) in [4.78, 5) is 4.68. The number of nitrogens with one attached hydrogen (secondary N) is 2. The van der Waals surface area contributed by atoms with E-state index < -0.39 is 0 Å². The molecule has 0 amide bonds. The van der Waals surface area contributed by atoms with Gasteiger partial charge in [0.05, 0.1) is 11.4 Å². The van der Waals surface area contributed by atoms with Gasteiger partial charge in [0.15, 0.2) is 0 Å². The number of amidine groups is 1. The summed E-state index contributed by atoms with van der Waals surface area (Å²) in [6.07, 6.45) is 3.00. The van der Waals surface area contributed by atoms with Crippen molar-refractivity contribution in [2.24, 2.45) is 4.99 Å². The minimum Gasteiger partial charge on any atom is -0.300 e. The van der Waals surface area contributed by atoms with Crippen molar-refractivity contribution >= 4 is 28.8 Å². The molecule has 0 atom stereocenters. The molecular weight excluding hydrogens is 270 g/mol. The second-order valence-corrected chi connectivity index (χ2v) is 5.24. The van der Waals surface area contributed by atoms with Crippen molar-refractivity contribution in [3.8, 4) is 0 Å². The van der Waals surface area contributed by atoms with Crippen LogP contribution < -0.4 is 10.9 Å². The van der Waals surface area contributed by atoms with Gasteiger partial charge in [-0.3, -0.25) is 10.9 Å². The predicted molar refractivity (Wildman–Crippen MR) is 84.7 cm³/mol. The lowest BCUT2D eigenvalue weighted by Crippen LogP contribution is -2.28. The van der Waals surface area contributed by atoms with E-state index in [-0.39, 0.29) is 0 Å². The third-order valence-electron chi connectivity index (χ3n) is 3.28.